The first-order chi connectivity index (χ1) is 17.5. The van der Waals surface area contributed by atoms with E-state index in [1.165, 1.54) is 30.7 Å². The van der Waals surface area contributed by atoms with Crippen molar-refractivity contribution < 1.29 is 31.9 Å². The summed E-state index contributed by atoms with van der Waals surface area (Å²) in [4.78, 5) is 30.2. The Bertz CT molecular complexity index is 1230. The summed E-state index contributed by atoms with van der Waals surface area (Å²) in [5, 5.41) is 5.34. The molecule has 1 aliphatic heterocycles. The van der Waals surface area contributed by atoms with E-state index in [1.807, 2.05) is 0 Å². The number of nitrogens with two attached hydrogens (primary N) is 2. The van der Waals surface area contributed by atoms with Crippen LogP contribution in [0.1, 0.15) is 28.0 Å². The Morgan fingerprint density at radius 3 is 2.46 bits per heavy atom. The molecule has 13 heteroatoms. The summed E-state index contributed by atoms with van der Waals surface area (Å²) < 4.78 is 57.4. The van der Waals surface area contributed by atoms with E-state index in [1.54, 1.807) is 6.07 Å². The third-order valence-electron chi connectivity index (χ3n) is 5.18. The van der Waals surface area contributed by atoms with Gasteiger partial charge in [0.25, 0.3) is 0 Å². The first-order valence-corrected chi connectivity index (χ1v) is 11.0. The van der Waals surface area contributed by atoms with Gasteiger partial charge in [-0.3, -0.25) is 19.6 Å². The predicted molar refractivity (Wildman–Crippen MR) is 127 cm³/mol. The van der Waals surface area contributed by atoms with E-state index in [-0.39, 0.29) is 24.1 Å². The Kier molecular flexibility index (Phi) is 8.95. The highest BCUT2D eigenvalue weighted by Gasteiger charge is 2.34. The van der Waals surface area contributed by atoms with Crippen molar-refractivity contribution in [1.82, 2.24) is 15.3 Å². The summed E-state index contributed by atoms with van der Waals surface area (Å²) in [6.07, 6.45) is 0.169. The minimum Gasteiger partial charge on any atom is -0.397 e. The van der Waals surface area contributed by atoms with E-state index < -0.39 is 23.5 Å². The predicted octanol–water partition coefficient (Wildman–Crippen LogP) is 3.40. The molecule has 1 saturated heterocycles. The Balaban J connectivity index is 0.000000319. The molecule has 1 aromatic carbocycles. The van der Waals surface area contributed by atoms with Gasteiger partial charge in [-0.1, -0.05) is 0 Å². The molecule has 1 fully saturated rings. The number of benzene rings is 1. The molecule has 0 unspecified atom stereocenters. The van der Waals surface area contributed by atoms with E-state index in [2.05, 4.69) is 20.6 Å². The van der Waals surface area contributed by atoms with Gasteiger partial charge in [0.15, 0.2) is 0 Å². The number of aromatic nitrogens is 2. The number of ether oxygens (including phenoxy) is 1. The Morgan fingerprint density at radius 1 is 1.11 bits per heavy atom. The largest absolute Gasteiger partial charge is 0.418 e. The van der Waals surface area contributed by atoms with Crippen LogP contribution in [0.15, 0.2) is 55.0 Å². The zero-order valence-electron chi connectivity index (χ0n) is 19.4. The van der Waals surface area contributed by atoms with Crippen molar-refractivity contribution in [3.8, 4) is 0 Å². The van der Waals surface area contributed by atoms with Gasteiger partial charge in [-0.2, -0.15) is 13.2 Å². The molecule has 0 bridgehead atoms. The zero-order valence-corrected chi connectivity index (χ0v) is 19.4. The molecule has 37 heavy (non-hydrogen) atoms. The summed E-state index contributed by atoms with van der Waals surface area (Å²) in [5.41, 5.74) is 10.5. The Hall–Kier alpha value is -4.26. The zero-order chi connectivity index (χ0) is 27.0. The SMILES string of the molecule is NC(=O)c1cncc(N)c1.O=C(NCc1ccc(Nc2ccc(F)cc2C(F)(F)F)cn1)[C@@H]1CCOC1. The minimum absolute atomic E-state index is 0.113. The monoisotopic (exact) mass is 520 g/mol. The Morgan fingerprint density at radius 2 is 1.89 bits per heavy atom. The quantitative estimate of drug-likeness (QED) is 0.365. The third kappa shape index (κ3) is 8.14. The molecule has 0 spiro atoms. The number of nitrogens with one attached hydrogen (secondary N) is 2. The number of halogens is 4. The lowest BCUT2D eigenvalue weighted by atomic mass is 10.1. The average molecular weight is 520 g/mol. The van der Waals surface area contributed by atoms with Crippen molar-refractivity contribution in [2.75, 3.05) is 24.3 Å². The molecular weight excluding hydrogens is 496 g/mol. The number of anilines is 3. The van der Waals surface area contributed by atoms with Crippen LogP contribution >= 0.6 is 0 Å². The maximum Gasteiger partial charge on any atom is 0.418 e. The number of hydrogen-bond donors (Lipinski definition) is 4. The van der Waals surface area contributed by atoms with Gasteiger partial charge in [0, 0.05) is 19.0 Å². The van der Waals surface area contributed by atoms with Crippen molar-refractivity contribution in [3.63, 3.8) is 0 Å². The van der Waals surface area contributed by atoms with Gasteiger partial charge < -0.3 is 26.8 Å². The summed E-state index contributed by atoms with van der Waals surface area (Å²) in [6.45, 7) is 1.18. The van der Waals surface area contributed by atoms with E-state index in [0.29, 0.717) is 48.3 Å². The topological polar surface area (TPSA) is 145 Å². The van der Waals surface area contributed by atoms with Crippen molar-refractivity contribution in [3.05, 3.63) is 77.6 Å². The Labute approximate surface area is 209 Å². The molecule has 3 heterocycles. The number of amides is 2. The molecule has 1 atom stereocenters. The number of nitrogens with zero attached hydrogens (tertiary/aromatic N) is 2. The maximum atomic E-state index is 13.1. The number of carbonyl (C=O) groups excluding carboxylic acids is 2. The average Bonchev–Trinajstić information content (AvgIpc) is 3.39. The van der Waals surface area contributed by atoms with Crippen LogP contribution in [0.25, 0.3) is 0 Å². The van der Waals surface area contributed by atoms with Crippen LogP contribution in [-0.2, 0) is 22.3 Å². The highest BCUT2D eigenvalue weighted by atomic mass is 19.4. The van der Waals surface area contributed by atoms with Gasteiger partial charge >= 0.3 is 6.18 Å². The van der Waals surface area contributed by atoms with Gasteiger partial charge in [-0.05, 0) is 42.8 Å². The first kappa shape index (κ1) is 27.3. The molecular formula is C24H24F4N6O3. The molecule has 1 aliphatic rings. The molecule has 2 aromatic heterocycles. The fourth-order valence-electron chi connectivity index (χ4n) is 3.27. The number of nitrogen functional groups attached to an aromatic ring is 1. The maximum absolute atomic E-state index is 13.1. The van der Waals surface area contributed by atoms with Crippen LogP contribution in [0.3, 0.4) is 0 Å². The fraction of sp³-hybridized carbons (Fsp3) is 0.250. The normalized spacial score (nSPS) is 14.9. The van der Waals surface area contributed by atoms with Crippen LogP contribution in [0.2, 0.25) is 0 Å². The van der Waals surface area contributed by atoms with Gasteiger partial charge in [-0.15, -0.1) is 0 Å². The molecule has 2 amide bonds. The lowest BCUT2D eigenvalue weighted by Gasteiger charge is -2.15. The third-order valence-corrected chi connectivity index (χ3v) is 5.18. The second kappa shape index (κ2) is 12.1. The summed E-state index contributed by atoms with van der Waals surface area (Å²) in [5.74, 6) is -1.76. The van der Waals surface area contributed by atoms with Gasteiger partial charge in [0.2, 0.25) is 11.8 Å². The number of carbonyl (C=O) groups is 2. The van der Waals surface area contributed by atoms with Gasteiger partial charge in [-0.25, -0.2) is 4.39 Å². The van der Waals surface area contributed by atoms with E-state index >= 15 is 0 Å². The van der Waals surface area contributed by atoms with Crippen LogP contribution in [0, 0.1) is 11.7 Å². The lowest BCUT2D eigenvalue weighted by Crippen LogP contribution is -2.30. The fourth-order valence-corrected chi connectivity index (χ4v) is 3.27. The van der Waals surface area contributed by atoms with Crippen LogP contribution in [0.5, 0.6) is 0 Å². The number of alkyl halides is 3. The van der Waals surface area contributed by atoms with Crippen molar-refractivity contribution in [2.45, 2.75) is 19.1 Å². The number of rotatable bonds is 6. The number of pyridine rings is 2. The van der Waals surface area contributed by atoms with E-state index in [4.69, 9.17) is 16.2 Å². The van der Waals surface area contributed by atoms with Gasteiger partial charge in [0.05, 0.1) is 59.1 Å². The molecule has 4 rings (SSSR count). The highest BCUT2D eigenvalue weighted by molar-refractivity contribution is 5.93. The van der Waals surface area contributed by atoms with E-state index in [9.17, 15) is 27.2 Å². The molecule has 6 N–H and O–H groups in total. The summed E-state index contributed by atoms with van der Waals surface area (Å²) >= 11 is 0. The smallest absolute Gasteiger partial charge is 0.397 e. The van der Waals surface area contributed by atoms with Gasteiger partial charge in [0.1, 0.15) is 5.82 Å². The van der Waals surface area contributed by atoms with Crippen LogP contribution in [-0.4, -0.2) is 35.0 Å². The lowest BCUT2D eigenvalue weighted by molar-refractivity contribution is -0.137. The molecule has 3 aromatic rings. The van der Waals surface area contributed by atoms with Crippen LogP contribution in [0.4, 0.5) is 34.6 Å². The molecule has 0 saturated carbocycles. The molecule has 196 valence electrons. The molecule has 0 radical (unpaired) electrons. The standard InChI is InChI=1S/C18H17F4N3O2.C6H7N3O/c19-12-1-4-16(15(7-12)18(20,21)22)25-14-3-2-13(23-9-14)8-24-17(26)11-5-6-27-10-11;7-5-1-4(6(8)10)2-9-3-5/h1-4,7,9,11,25H,5-6,8,10H2,(H,24,26);1-3H,7H2,(H2,8,10)/t11-;/m1./s1. The second-order valence-electron chi connectivity index (χ2n) is 8.00. The number of primary amides is 1. The number of hydrogen-bond acceptors (Lipinski definition) is 7. The highest BCUT2D eigenvalue weighted by Crippen LogP contribution is 2.36. The summed E-state index contributed by atoms with van der Waals surface area (Å²) in [7, 11) is 0. The van der Waals surface area contributed by atoms with Crippen molar-refractivity contribution >= 4 is 28.9 Å². The van der Waals surface area contributed by atoms with Crippen LogP contribution < -0.4 is 22.1 Å². The van der Waals surface area contributed by atoms with Crippen molar-refractivity contribution in [1.29, 1.82) is 0 Å². The van der Waals surface area contributed by atoms with Crippen molar-refractivity contribution in [2.24, 2.45) is 11.7 Å². The molecule has 0 aliphatic carbocycles. The first-order valence-electron chi connectivity index (χ1n) is 11.0. The van der Waals surface area contributed by atoms with E-state index in [0.717, 1.165) is 12.1 Å². The molecule has 9 nitrogen and oxygen atoms in total. The summed E-state index contributed by atoms with van der Waals surface area (Å²) in [6, 6.07) is 7.01. The second-order valence-corrected chi connectivity index (χ2v) is 8.00. The minimum atomic E-state index is -4.69.